The number of nitrogens with one attached hydrogen (secondary N) is 1. The molecule has 0 radical (unpaired) electrons. The first kappa shape index (κ1) is 8.82. The van der Waals surface area contributed by atoms with Crippen LogP contribution in [-0.2, 0) is 5.54 Å². The fourth-order valence-electron chi connectivity index (χ4n) is 2.34. The van der Waals surface area contributed by atoms with Crippen molar-refractivity contribution in [1.82, 2.24) is 15.0 Å². The lowest BCUT2D eigenvalue weighted by molar-refractivity contribution is 0.207. The average molecular weight is 203 g/mol. The van der Waals surface area contributed by atoms with Gasteiger partial charge in [-0.05, 0) is 18.9 Å². The number of nitrogens with zero attached hydrogens (tertiary/aromatic N) is 2. The van der Waals surface area contributed by atoms with Crippen molar-refractivity contribution in [1.29, 1.82) is 0 Å². The second-order valence-corrected chi connectivity index (χ2v) is 4.29. The van der Waals surface area contributed by atoms with E-state index in [1.807, 2.05) is 12.3 Å². The minimum atomic E-state index is -0.358. The number of fused-ring (bicyclic) bond motifs is 1. The van der Waals surface area contributed by atoms with Crippen LogP contribution >= 0.6 is 0 Å². The lowest BCUT2D eigenvalue weighted by atomic mass is 9.71. The highest BCUT2D eigenvalue weighted by molar-refractivity contribution is 5.78. The second kappa shape index (κ2) is 2.77. The Bertz CT molecular complexity index is 497. The van der Waals surface area contributed by atoms with Crippen LogP contribution in [0.2, 0.25) is 0 Å². The van der Waals surface area contributed by atoms with E-state index in [0.717, 1.165) is 29.6 Å². The second-order valence-electron chi connectivity index (χ2n) is 4.29. The highest BCUT2D eigenvalue weighted by Crippen LogP contribution is 2.39. The topological polar surface area (TPSA) is 93.6 Å². The molecule has 0 aliphatic heterocycles. The smallest absolute Gasteiger partial charge is 0.141 e. The summed E-state index contributed by atoms with van der Waals surface area (Å²) in [7, 11) is 0. The maximum absolute atomic E-state index is 6.26. The summed E-state index contributed by atoms with van der Waals surface area (Å²) in [6.07, 6.45) is 4.99. The number of aromatic nitrogens is 3. The summed E-state index contributed by atoms with van der Waals surface area (Å²) in [6.45, 7) is 0. The first-order valence-corrected chi connectivity index (χ1v) is 5.02. The SMILES string of the molecule is NC1CC(N)(c2ncnc3[nH]ccc23)C1. The zero-order chi connectivity index (χ0) is 10.5. The van der Waals surface area contributed by atoms with Gasteiger partial charge in [0.2, 0.25) is 0 Å². The number of H-pyrrole nitrogens is 1. The van der Waals surface area contributed by atoms with Gasteiger partial charge in [0, 0.05) is 17.6 Å². The summed E-state index contributed by atoms with van der Waals surface area (Å²) in [5.74, 6) is 0. The third-order valence-corrected chi connectivity index (χ3v) is 3.08. The van der Waals surface area contributed by atoms with Gasteiger partial charge in [-0.2, -0.15) is 0 Å². The normalized spacial score (nSPS) is 30.4. The molecule has 3 rings (SSSR count). The summed E-state index contributed by atoms with van der Waals surface area (Å²) in [5.41, 5.74) is 13.4. The van der Waals surface area contributed by atoms with Gasteiger partial charge < -0.3 is 16.5 Å². The first-order chi connectivity index (χ1) is 7.19. The Morgan fingerprint density at radius 2 is 2.20 bits per heavy atom. The molecule has 0 aromatic carbocycles. The number of aromatic amines is 1. The third kappa shape index (κ3) is 1.17. The van der Waals surface area contributed by atoms with Crippen molar-refractivity contribution in [3.05, 3.63) is 24.3 Å². The van der Waals surface area contributed by atoms with Crippen molar-refractivity contribution in [2.24, 2.45) is 11.5 Å². The predicted octanol–water partition coefficient (Wildman–Crippen LogP) is 0.233. The summed E-state index contributed by atoms with van der Waals surface area (Å²) in [4.78, 5) is 11.5. The summed E-state index contributed by atoms with van der Waals surface area (Å²) in [5, 5.41) is 1.01. The van der Waals surface area contributed by atoms with Crippen LogP contribution in [0.25, 0.3) is 11.0 Å². The molecule has 0 amide bonds. The van der Waals surface area contributed by atoms with E-state index in [0.29, 0.717) is 0 Å². The molecule has 1 fully saturated rings. The highest BCUT2D eigenvalue weighted by atomic mass is 15.0. The molecule has 1 aliphatic rings. The Hall–Kier alpha value is -1.46. The third-order valence-electron chi connectivity index (χ3n) is 3.08. The van der Waals surface area contributed by atoms with Crippen LogP contribution < -0.4 is 11.5 Å². The maximum atomic E-state index is 6.26. The Labute approximate surface area is 86.9 Å². The monoisotopic (exact) mass is 203 g/mol. The van der Waals surface area contributed by atoms with Crippen LogP contribution in [0, 0.1) is 0 Å². The molecule has 1 saturated carbocycles. The number of nitrogens with two attached hydrogens (primary N) is 2. The summed E-state index contributed by atoms with van der Waals surface area (Å²) >= 11 is 0. The molecule has 5 nitrogen and oxygen atoms in total. The van der Waals surface area contributed by atoms with E-state index in [9.17, 15) is 0 Å². The van der Waals surface area contributed by atoms with Gasteiger partial charge in [0.25, 0.3) is 0 Å². The quantitative estimate of drug-likeness (QED) is 0.618. The molecule has 2 aromatic heterocycles. The van der Waals surface area contributed by atoms with Gasteiger partial charge in [0.15, 0.2) is 0 Å². The van der Waals surface area contributed by atoms with Crippen molar-refractivity contribution in [3.8, 4) is 0 Å². The van der Waals surface area contributed by atoms with Crippen LogP contribution in [0.15, 0.2) is 18.6 Å². The van der Waals surface area contributed by atoms with Crippen molar-refractivity contribution < 1.29 is 0 Å². The van der Waals surface area contributed by atoms with Gasteiger partial charge in [-0.1, -0.05) is 0 Å². The molecule has 2 heterocycles. The number of rotatable bonds is 1. The van der Waals surface area contributed by atoms with Crippen molar-refractivity contribution >= 4 is 11.0 Å². The number of hydrogen-bond acceptors (Lipinski definition) is 4. The van der Waals surface area contributed by atoms with Crippen LogP contribution in [0.1, 0.15) is 18.5 Å². The molecule has 1 aliphatic carbocycles. The maximum Gasteiger partial charge on any atom is 0.141 e. The lowest BCUT2D eigenvalue weighted by Gasteiger charge is -2.42. The minimum Gasteiger partial charge on any atom is -0.346 e. The largest absolute Gasteiger partial charge is 0.346 e. The molecule has 0 bridgehead atoms. The molecule has 15 heavy (non-hydrogen) atoms. The number of hydrogen-bond donors (Lipinski definition) is 3. The fourth-order valence-corrected chi connectivity index (χ4v) is 2.34. The van der Waals surface area contributed by atoms with Crippen LogP contribution in [0.3, 0.4) is 0 Å². The molecule has 5 N–H and O–H groups in total. The highest BCUT2D eigenvalue weighted by Gasteiger charge is 2.42. The fraction of sp³-hybridized carbons (Fsp3) is 0.400. The summed E-state index contributed by atoms with van der Waals surface area (Å²) in [6, 6.07) is 2.17. The lowest BCUT2D eigenvalue weighted by Crippen LogP contribution is -2.55. The first-order valence-electron chi connectivity index (χ1n) is 5.02. The molecule has 0 unspecified atom stereocenters. The van der Waals surface area contributed by atoms with Crippen molar-refractivity contribution in [3.63, 3.8) is 0 Å². The van der Waals surface area contributed by atoms with Gasteiger partial charge in [-0.15, -0.1) is 0 Å². The van der Waals surface area contributed by atoms with E-state index in [4.69, 9.17) is 11.5 Å². The van der Waals surface area contributed by atoms with Gasteiger partial charge >= 0.3 is 0 Å². The van der Waals surface area contributed by atoms with Crippen molar-refractivity contribution in [2.75, 3.05) is 0 Å². The minimum absolute atomic E-state index is 0.207. The van der Waals surface area contributed by atoms with E-state index < -0.39 is 0 Å². The van der Waals surface area contributed by atoms with E-state index in [-0.39, 0.29) is 11.6 Å². The zero-order valence-corrected chi connectivity index (χ0v) is 8.27. The van der Waals surface area contributed by atoms with Crippen LogP contribution in [-0.4, -0.2) is 21.0 Å². The Morgan fingerprint density at radius 3 is 2.93 bits per heavy atom. The van der Waals surface area contributed by atoms with E-state index >= 15 is 0 Å². The zero-order valence-electron chi connectivity index (χ0n) is 8.27. The van der Waals surface area contributed by atoms with Crippen LogP contribution in [0.5, 0.6) is 0 Å². The standard InChI is InChI=1S/C10H13N5/c11-6-3-10(12,4-6)8-7-1-2-13-9(7)15-5-14-8/h1-2,5-6H,3-4,11-12H2,(H,13,14,15). The van der Waals surface area contributed by atoms with E-state index in [1.165, 1.54) is 0 Å². The molecule has 0 spiro atoms. The molecule has 0 saturated heterocycles. The van der Waals surface area contributed by atoms with E-state index in [1.54, 1.807) is 6.33 Å². The Kier molecular flexibility index (Phi) is 1.63. The molecule has 5 heteroatoms. The van der Waals surface area contributed by atoms with Crippen LogP contribution in [0.4, 0.5) is 0 Å². The Balaban J connectivity index is 2.14. The van der Waals surface area contributed by atoms with Gasteiger partial charge in [0.05, 0.1) is 11.2 Å². The van der Waals surface area contributed by atoms with Gasteiger partial charge in [-0.25, -0.2) is 9.97 Å². The molecular formula is C10H13N5. The average Bonchev–Trinajstić information content (AvgIpc) is 2.62. The molecule has 2 aromatic rings. The van der Waals surface area contributed by atoms with E-state index in [2.05, 4.69) is 15.0 Å². The molecular weight excluding hydrogens is 190 g/mol. The van der Waals surface area contributed by atoms with Gasteiger partial charge in [0.1, 0.15) is 12.0 Å². The Morgan fingerprint density at radius 1 is 1.40 bits per heavy atom. The molecule has 78 valence electrons. The van der Waals surface area contributed by atoms with Gasteiger partial charge in [-0.3, -0.25) is 0 Å². The predicted molar refractivity (Wildman–Crippen MR) is 57.0 cm³/mol. The summed E-state index contributed by atoms with van der Waals surface area (Å²) < 4.78 is 0. The molecule has 0 atom stereocenters. The van der Waals surface area contributed by atoms with Crippen molar-refractivity contribution in [2.45, 2.75) is 24.4 Å².